The topological polar surface area (TPSA) is 37.4 Å². The van der Waals surface area contributed by atoms with Gasteiger partial charge in [0.15, 0.2) is 0 Å². The number of rotatable bonds is 6. The van der Waals surface area contributed by atoms with Gasteiger partial charge in [-0.15, -0.1) is 0 Å². The molecule has 0 saturated carbocycles. The molecule has 21 heavy (non-hydrogen) atoms. The van der Waals surface area contributed by atoms with Crippen molar-refractivity contribution in [2.45, 2.75) is 53.4 Å². The van der Waals surface area contributed by atoms with Crippen molar-refractivity contribution in [3.8, 4) is 0 Å². The predicted octanol–water partition coefficient (Wildman–Crippen LogP) is 3.91. The van der Waals surface area contributed by atoms with E-state index in [1.54, 1.807) is 4.31 Å². The van der Waals surface area contributed by atoms with E-state index in [1.807, 2.05) is 32.9 Å². The van der Waals surface area contributed by atoms with Gasteiger partial charge in [0.1, 0.15) is 0 Å². The normalized spacial score (nSPS) is 12.7. The van der Waals surface area contributed by atoms with Gasteiger partial charge in [0.05, 0.1) is 4.90 Å². The summed E-state index contributed by atoms with van der Waals surface area (Å²) in [6, 6.07) is 3.89. The molecule has 0 aliphatic heterocycles. The van der Waals surface area contributed by atoms with Crippen molar-refractivity contribution in [2.75, 3.05) is 13.1 Å². The van der Waals surface area contributed by atoms with Crippen LogP contribution in [-0.4, -0.2) is 25.8 Å². The van der Waals surface area contributed by atoms with Crippen molar-refractivity contribution >= 4 is 10.0 Å². The Bertz CT molecular complexity index is 556. The van der Waals surface area contributed by atoms with Gasteiger partial charge >= 0.3 is 0 Å². The lowest BCUT2D eigenvalue weighted by molar-refractivity contribution is 0.333. The first-order valence-corrected chi connectivity index (χ1v) is 9.07. The molecule has 0 unspecified atom stereocenters. The van der Waals surface area contributed by atoms with Crippen LogP contribution in [0.25, 0.3) is 0 Å². The lowest BCUT2D eigenvalue weighted by Gasteiger charge is -2.27. The highest BCUT2D eigenvalue weighted by Crippen LogP contribution is 2.26. The predicted molar refractivity (Wildman–Crippen MR) is 89.1 cm³/mol. The number of benzene rings is 1. The molecule has 0 radical (unpaired) electrons. The first kappa shape index (κ1) is 18.2. The third kappa shape index (κ3) is 4.55. The van der Waals surface area contributed by atoms with E-state index in [-0.39, 0.29) is 0 Å². The highest BCUT2D eigenvalue weighted by atomic mass is 32.2. The molecule has 0 spiro atoms. The minimum Gasteiger partial charge on any atom is -0.207 e. The number of hydrogen-bond donors (Lipinski definition) is 0. The maximum absolute atomic E-state index is 13.1. The van der Waals surface area contributed by atoms with Gasteiger partial charge in [-0.25, -0.2) is 8.42 Å². The summed E-state index contributed by atoms with van der Waals surface area (Å²) < 4.78 is 27.8. The summed E-state index contributed by atoms with van der Waals surface area (Å²) in [5.74, 6) is 0.620. The lowest BCUT2D eigenvalue weighted by atomic mass is 10.1. The van der Waals surface area contributed by atoms with Gasteiger partial charge in [0, 0.05) is 13.1 Å². The molecule has 0 bridgehead atoms. The second-order valence-corrected chi connectivity index (χ2v) is 8.71. The maximum atomic E-state index is 13.1. The summed E-state index contributed by atoms with van der Waals surface area (Å²) in [5.41, 5.74) is 2.78. The highest BCUT2D eigenvalue weighted by molar-refractivity contribution is 7.89. The average molecular weight is 311 g/mol. The van der Waals surface area contributed by atoms with E-state index in [2.05, 4.69) is 27.7 Å². The fourth-order valence-corrected chi connectivity index (χ4v) is 4.97. The standard InChI is InChI=1S/C17H29NO2S/c1-12(2)10-18(11-13(3)4)21(19,20)17-15(6)8-14(5)9-16(17)7/h8-9,12-13H,10-11H2,1-7H3. The smallest absolute Gasteiger partial charge is 0.207 e. The van der Waals surface area contributed by atoms with Gasteiger partial charge in [0.2, 0.25) is 10.0 Å². The second-order valence-electron chi connectivity index (χ2n) is 6.84. The minimum atomic E-state index is -3.44. The largest absolute Gasteiger partial charge is 0.243 e. The molecular formula is C17H29NO2S. The van der Waals surface area contributed by atoms with Crippen molar-refractivity contribution in [3.05, 3.63) is 28.8 Å². The molecule has 1 aromatic carbocycles. The van der Waals surface area contributed by atoms with Crippen LogP contribution in [0.3, 0.4) is 0 Å². The van der Waals surface area contributed by atoms with Crippen LogP contribution in [0.2, 0.25) is 0 Å². The summed E-state index contributed by atoms with van der Waals surface area (Å²) in [5, 5.41) is 0. The molecule has 0 fully saturated rings. The van der Waals surface area contributed by atoms with Gasteiger partial charge in [0.25, 0.3) is 0 Å². The third-order valence-electron chi connectivity index (χ3n) is 3.34. The maximum Gasteiger partial charge on any atom is 0.243 e. The Balaban J connectivity index is 3.35. The molecular weight excluding hydrogens is 282 g/mol. The summed E-state index contributed by atoms with van der Waals surface area (Å²) in [6.07, 6.45) is 0. The Kier molecular flexibility index (Phi) is 6.00. The Hall–Kier alpha value is -0.870. The fraction of sp³-hybridized carbons (Fsp3) is 0.647. The number of sulfonamides is 1. The molecule has 0 amide bonds. The van der Waals surface area contributed by atoms with Crippen LogP contribution < -0.4 is 0 Å². The zero-order valence-electron chi connectivity index (χ0n) is 14.4. The Morgan fingerprint density at radius 1 is 0.905 bits per heavy atom. The quantitative estimate of drug-likeness (QED) is 0.798. The monoisotopic (exact) mass is 311 g/mol. The van der Waals surface area contributed by atoms with Crippen LogP contribution in [0.4, 0.5) is 0 Å². The number of aryl methyl sites for hydroxylation is 3. The van der Waals surface area contributed by atoms with Gasteiger partial charge < -0.3 is 0 Å². The molecule has 4 heteroatoms. The molecule has 0 aliphatic carbocycles. The van der Waals surface area contributed by atoms with Crippen molar-refractivity contribution in [2.24, 2.45) is 11.8 Å². The summed E-state index contributed by atoms with van der Waals surface area (Å²) in [4.78, 5) is 0.481. The Morgan fingerprint density at radius 2 is 1.29 bits per heavy atom. The van der Waals surface area contributed by atoms with Crippen molar-refractivity contribution in [1.82, 2.24) is 4.31 Å². The van der Waals surface area contributed by atoms with E-state index in [4.69, 9.17) is 0 Å². The molecule has 1 rings (SSSR count). The molecule has 0 aromatic heterocycles. The third-order valence-corrected chi connectivity index (χ3v) is 5.48. The zero-order valence-corrected chi connectivity index (χ0v) is 15.2. The van der Waals surface area contributed by atoms with E-state index in [9.17, 15) is 8.42 Å². The van der Waals surface area contributed by atoms with Crippen LogP contribution in [-0.2, 0) is 10.0 Å². The zero-order chi connectivity index (χ0) is 16.4. The van der Waals surface area contributed by atoms with Gasteiger partial charge in [-0.1, -0.05) is 45.4 Å². The fourth-order valence-electron chi connectivity index (χ4n) is 2.79. The lowest BCUT2D eigenvalue weighted by Crippen LogP contribution is -2.37. The van der Waals surface area contributed by atoms with Crippen LogP contribution in [0, 0.1) is 32.6 Å². The molecule has 0 atom stereocenters. The second kappa shape index (κ2) is 6.93. The van der Waals surface area contributed by atoms with Crippen LogP contribution in [0.1, 0.15) is 44.4 Å². The summed E-state index contributed by atoms with van der Waals surface area (Å²) in [6.45, 7) is 15.1. The van der Waals surface area contributed by atoms with Gasteiger partial charge in [-0.05, 0) is 43.7 Å². The summed E-state index contributed by atoms with van der Waals surface area (Å²) >= 11 is 0. The molecule has 0 heterocycles. The Morgan fingerprint density at radius 3 is 1.62 bits per heavy atom. The Labute approximate surface area is 130 Å². The van der Waals surface area contributed by atoms with Crippen molar-refractivity contribution in [1.29, 1.82) is 0 Å². The van der Waals surface area contributed by atoms with Crippen molar-refractivity contribution in [3.63, 3.8) is 0 Å². The molecule has 0 saturated heterocycles. The molecule has 0 N–H and O–H groups in total. The average Bonchev–Trinajstić information content (AvgIpc) is 2.24. The van der Waals surface area contributed by atoms with Crippen LogP contribution in [0.15, 0.2) is 17.0 Å². The number of hydrogen-bond acceptors (Lipinski definition) is 2. The van der Waals surface area contributed by atoms with E-state index in [0.29, 0.717) is 29.8 Å². The van der Waals surface area contributed by atoms with Crippen LogP contribution in [0.5, 0.6) is 0 Å². The summed E-state index contributed by atoms with van der Waals surface area (Å²) in [7, 11) is -3.44. The van der Waals surface area contributed by atoms with E-state index in [0.717, 1.165) is 16.7 Å². The van der Waals surface area contributed by atoms with Crippen molar-refractivity contribution < 1.29 is 8.42 Å². The molecule has 0 aliphatic rings. The first-order valence-electron chi connectivity index (χ1n) is 7.63. The van der Waals surface area contributed by atoms with Crippen LogP contribution >= 0.6 is 0 Å². The highest BCUT2D eigenvalue weighted by Gasteiger charge is 2.28. The van der Waals surface area contributed by atoms with E-state index >= 15 is 0 Å². The van der Waals surface area contributed by atoms with E-state index < -0.39 is 10.0 Å². The van der Waals surface area contributed by atoms with E-state index in [1.165, 1.54) is 0 Å². The first-order chi connectivity index (χ1) is 9.55. The molecule has 1 aromatic rings. The molecule has 3 nitrogen and oxygen atoms in total. The van der Waals surface area contributed by atoms with Gasteiger partial charge in [-0.2, -0.15) is 4.31 Å². The SMILES string of the molecule is Cc1cc(C)c(S(=O)(=O)N(CC(C)C)CC(C)C)c(C)c1. The number of nitrogens with zero attached hydrogens (tertiary/aromatic N) is 1. The van der Waals surface area contributed by atoms with Gasteiger partial charge in [-0.3, -0.25) is 0 Å². The minimum absolute atomic E-state index is 0.310. The molecule has 120 valence electrons.